The smallest absolute Gasteiger partial charge is 0.336 e. The van der Waals surface area contributed by atoms with E-state index in [4.69, 9.17) is 19.4 Å². The number of nitrogens with one attached hydrogen (secondary N) is 1. The van der Waals surface area contributed by atoms with Gasteiger partial charge in [-0.1, -0.05) is 28.6 Å². The second-order valence-corrected chi connectivity index (χ2v) is 17.9. The third kappa shape index (κ3) is 10.5. The van der Waals surface area contributed by atoms with E-state index in [-0.39, 0.29) is 97.3 Å². The molecule has 0 spiro atoms. The first-order valence-electron chi connectivity index (χ1n) is 23.9. The zero-order chi connectivity index (χ0) is 51.5. The van der Waals surface area contributed by atoms with Crippen molar-refractivity contribution in [1.82, 2.24) is 54.7 Å². The largest absolute Gasteiger partial charge is 0.508 e. The van der Waals surface area contributed by atoms with Crippen LogP contribution in [0.4, 0.5) is 23.5 Å². The molecule has 1 aliphatic carbocycles. The topological polar surface area (TPSA) is 308 Å². The number of aromatic carboxylic acids is 1. The highest BCUT2D eigenvalue weighted by Crippen LogP contribution is 2.42. The zero-order valence-electron chi connectivity index (χ0n) is 39.7. The van der Waals surface area contributed by atoms with Gasteiger partial charge in [0.25, 0.3) is 0 Å². The van der Waals surface area contributed by atoms with Gasteiger partial charge in [-0.05, 0) is 59.7 Å². The first-order chi connectivity index (χ1) is 35.9. The minimum Gasteiger partial charge on any atom is -0.508 e. The van der Waals surface area contributed by atoms with Crippen LogP contribution in [0.2, 0.25) is 0 Å². The van der Waals surface area contributed by atoms with Gasteiger partial charge in [-0.15, -0.1) is 10.2 Å². The quantitative estimate of drug-likeness (QED) is 0.0757. The Morgan fingerprint density at radius 3 is 2.03 bits per heavy atom. The number of nitrogens with zero attached hydrogens (tertiary/aromatic N) is 13. The molecule has 0 radical (unpaired) electrons. The highest BCUT2D eigenvalue weighted by Gasteiger charge is 2.32. The molecule has 6 N–H and O–H groups in total. The normalized spacial score (nSPS) is 14.5. The van der Waals surface area contributed by atoms with Gasteiger partial charge in [0.15, 0.2) is 5.43 Å². The Labute approximate surface area is 420 Å². The number of benzene rings is 4. The lowest BCUT2D eigenvalue weighted by molar-refractivity contribution is -0.135. The number of aromatic hydroxyl groups is 2. The highest BCUT2D eigenvalue weighted by atomic mass is 16.4. The summed E-state index contributed by atoms with van der Waals surface area (Å²) in [6, 6.07) is 19.4. The summed E-state index contributed by atoms with van der Waals surface area (Å²) >= 11 is 0. The van der Waals surface area contributed by atoms with Gasteiger partial charge in [0.05, 0.1) is 17.0 Å². The number of fused-ring (bicyclic) bond motifs is 2. The van der Waals surface area contributed by atoms with Crippen LogP contribution in [0.3, 0.4) is 0 Å². The summed E-state index contributed by atoms with van der Waals surface area (Å²) in [7, 11) is 0. The number of amides is 2. The molecule has 4 aliphatic rings. The van der Waals surface area contributed by atoms with Gasteiger partial charge in [-0.3, -0.25) is 14.4 Å². The maximum atomic E-state index is 14.4. The summed E-state index contributed by atoms with van der Waals surface area (Å²) in [4.78, 5) is 75.2. The number of aromatic nitrogens is 9. The van der Waals surface area contributed by atoms with Crippen LogP contribution in [0, 0.1) is 0 Å². The Bertz CT molecular complexity index is 3380. The fourth-order valence-electron chi connectivity index (χ4n) is 9.21. The second kappa shape index (κ2) is 21.0. The molecule has 24 nitrogen and oxygen atoms in total. The molecule has 2 amide bonds. The van der Waals surface area contributed by atoms with E-state index in [0.717, 1.165) is 5.56 Å². The molecule has 2 fully saturated rings. The van der Waals surface area contributed by atoms with Crippen molar-refractivity contribution in [3.63, 3.8) is 0 Å². The molecule has 10 rings (SSSR count). The Balaban J connectivity index is 0.931. The van der Waals surface area contributed by atoms with Crippen molar-refractivity contribution in [1.29, 1.82) is 0 Å². The monoisotopic (exact) mass is 1010 g/mol. The number of rotatable bonds is 16. The van der Waals surface area contributed by atoms with E-state index in [9.17, 15) is 44.7 Å². The molecule has 6 heterocycles. The van der Waals surface area contributed by atoms with Crippen LogP contribution in [-0.2, 0) is 35.4 Å². The van der Waals surface area contributed by atoms with Gasteiger partial charge in [-0.25, -0.2) is 14.2 Å². The summed E-state index contributed by atoms with van der Waals surface area (Å²) in [6.45, 7) is 2.41. The molecule has 0 unspecified atom stereocenters. The number of aliphatic hydroxyl groups is 2. The molecule has 3 aromatic carbocycles. The molecule has 24 heteroatoms. The third-order valence-electron chi connectivity index (χ3n) is 13.0. The van der Waals surface area contributed by atoms with Crippen LogP contribution in [0.25, 0.3) is 33.4 Å². The predicted octanol–water partition coefficient (Wildman–Crippen LogP) is 2.34. The standard InChI is InChI=1S/C50H50N14O10/c65-21-11-32-27-63(57-55-32)29-44(70)59-13-17-61(18-14-59)49-52-48(51-31-3-8-37(40(24-31)47(72)73)45-38-9-6-35(68)25-42(38)74-43-26-36(69)7-10-39(43)45)53-50(54-49)62-19-15-60(16-20-62)46(71)41(23-30-1-4-34(67)5-2-30)64-28-33(12-22-66)56-58-64/h1-10,24-28,41,65-68H,11-23,29H2,(H,72,73)(H,51,52,53,54)/t41-/m0/s1. The van der Waals surface area contributed by atoms with Crippen molar-refractivity contribution in [2.24, 2.45) is 0 Å². The van der Waals surface area contributed by atoms with Crippen molar-refractivity contribution in [3.8, 4) is 33.9 Å². The number of carboxylic acids is 1. The van der Waals surface area contributed by atoms with Crippen LogP contribution in [0.5, 0.6) is 11.5 Å². The Morgan fingerprint density at radius 2 is 1.34 bits per heavy atom. The lowest BCUT2D eigenvalue weighted by Gasteiger charge is -2.37. The molecule has 0 saturated carbocycles. The zero-order valence-corrected chi connectivity index (χ0v) is 39.7. The number of carbonyl (C=O) groups excluding carboxylic acids is 2. The Kier molecular flexibility index (Phi) is 13.8. The summed E-state index contributed by atoms with van der Waals surface area (Å²) in [5.41, 5.74) is 3.40. The maximum Gasteiger partial charge on any atom is 0.336 e. The summed E-state index contributed by atoms with van der Waals surface area (Å²) in [5, 5.41) is 69.9. The second-order valence-electron chi connectivity index (χ2n) is 17.9. The molecular weight excluding hydrogens is 957 g/mol. The van der Waals surface area contributed by atoms with Crippen molar-refractivity contribution < 1.29 is 44.3 Å². The van der Waals surface area contributed by atoms with Crippen molar-refractivity contribution in [2.45, 2.75) is 31.8 Å². The average molecular weight is 1010 g/mol. The molecule has 74 heavy (non-hydrogen) atoms. The van der Waals surface area contributed by atoms with E-state index in [1.165, 1.54) is 39.7 Å². The first kappa shape index (κ1) is 48.6. The lowest BCUT2D eigenvalue weighted by atomic mass is 9.90. The van der Waals surface area contributed by atoms with E-state index >= 15 is 0 Å². The summed E-state index contributed by atoms with van der Waals surface area (Å²) < 4.78 is 8.96. The number of hydrogen-bond donors (Lipinski definition) is 6. The number of phenolic OH excluding ortho intramolecular Hbond substituents is 2. The van der Waals surface area contributed by atoms with E-state index in [2.05, 4.69) is 25.9 Å². The van der Waals surface area contributed by atoms with Crippen LogP contribution in [-0.4, -0.2) is 164 Å². The van der Waals surface area contributed by atoms with E-state index in [1.54, 1.807) is 70.7 Å². The molecule has 3 aliphatic heterocycles. The highest BCUT2D eigenvalue weighted by molar-refractivity contribution is 6.08. The van der Waals surface area contributed by atoms with Crippen LogP contribution in [0.1, 0.15) is 33.4 Å². The predicted molar refractivity (Wildman–Crippen MR) is 266 cm³/mol. The van der Waals surface area contributed by atoms with E-state index in [0.29, 0.717) is 96.7 Å². The Hall–Kier alpha value is -9.03. The van der Waals surface area contributed by atoms with E-state index < -0.39 is 12.0 Å². The summed E-state index contributed by atoms with van der Waals surface area (Å²) in [6.07, 6.45) is 4.16. The SMILES string of the molecule is O=C(O)c1cc(Nc2nc(N3CCN(C(=O)Cn4cc(CCO)nn4)CC3)nc(N3CCN(C(=O)[C@H](Cc4ccc(O)cc4)n4cc(CCO)nn4)CC3)n2)ccc1-c1c2ccc(=O)cc-2oc2cc(O)ccc12. The minimum absolute atomic E-state index is 0.0220. The van der Waals surface area contributed by atoms with Gasteiger partial charge in [0.2, 0.25) is 29.7 Å². The number of aliphatic hydroxyl groups excluding tert-OH is 2. The molecule has 3 aromatic heterocycles. The first-order valence-corrected chi connectivity index (χ1v) is 23.9. The van der Waals surface area contributed by atoms with Gasteiger partial charge in [0, 0.05) is 132 Å². The molecule has 0 bridgehead atoms. The number of hydrogen-bond acceptors (Lipinski definition) is 19. The van der Waals surface area contributed by atoms with Crippen molar-refractivity contribution in [2.75, 3.05) is 80.7 Å². The Morgan fingerprint density at radius 1 is 0.689 bits per heavy atom. The van der Waals surface area contributed by atoms with Gasteiger partial charge >= 0.3 is 5.97 Å². The third-order valence-corrected chi connectivity index (χ3v) is 13.0. The van der Waals surface area contributed by atoms with Crippen LogP contribution < -0.4 is 20.5 Å². The summed E-state index contributed by atoms with van der Waals surface area (Å²) in [5.74, 6) is -0.671. The molecule has 1 atom stereocenters. The van der Waals surface area contributed by atoms with Crippen molar-refractivity contribution in [3.05, 3.63) is 124 Å². The van der Waals surface area contributed by atoms with E-state index in [1.807, 2.05) is 9.80 Å². The van der Waals surface area contributed by atoms with Gasteiger partial charge in [0.1, 0.15) is 35.4 Å². The minimum atomic E-state index is -1.24. The number of anilines is 4. The fourth-order valence-corrected chi connectivity index (χ4v) is 9.21. The average Bonchev–Trinajstić information content (AvgIpc) is 4.07. The lowest BCUT2D eigenvalue weighted by Crippen LogP contribution is -2.52. The van der Waals surface area contributed by atoms with Gasteiger partial charge in [-0.2, -0.15) is 15.0 Å². The molecule has 6 aromatic rings. The molecular formula is C50H50N14O10. The van der Waals surface area contributed by atoms with Crippen LogP contribution >= 0.6 is 0 Å². The molecule has 2 saturated heterocycles. The van der Waals surface area contributed by atoms with Crippen molar-refractivity contribution >= 4 is 52.3 Å². The molecule has 380 valence electrons. The fraction of sp³-hybridized carbons (Fsp3) is 0.300. The maximum absolute atomic E-state index is 14.4. The number of carbonyl (C=O) groups is 3. The number of piperazine rings is 2. The number of carboxylic acid groups (broad SMARTS) is 1. The van der Waals surface area contributed by atoms with Crippen LogP contribution in [0.15, 0.2) is 100 Å². The number of phenols is 2. The van der Waals surface area contributed by atoms with Gasteiger partial charge < -0.3 is 54.9 Å².